The SMILES string of the molecule is CC(=O)OC(CCc1cc(OCCO)c(O)cc1C1=CCNC(N)=C1)CC(OC(C)=O)C1CC(CO)CC2CC(C1)C(C(C)C)CC2Cc1ccc[nH]1. The fourth-order valence-corrected chi connectivity index (χ4v) is 9.47. The molecule has 2 aromatic rings. The summed E-state index contributed by atoms with van der Waals surface area (Å²) >= 11 is 0. The summed E-state index contributed by atoms with van der Waals surface area (Å²) in [6.07, 6.45) is 11.8. The molecule has 8 unspecified atom stereocenters. The number of nitrogens with two attached hydrogens (primary N) is 1. The van der Waals surface area contributed by atoms with Gasteiger partial charge in [0.05, 0.1) is 12.4 Å². The van der Waals surface area contributed by atoms with Crippen molar-refractivity contribution in [2.45, 2.75) is 97.7 Å². The van der Waals surface area contributed by atoms with Crippen LogP contribution < -0.4 is 15.8 Å². The zero-order valence-corrected chi connectivity index (χ0v) is 31.9. The average Bonchev–Trinajstić information content (AvgIpc) is 3.61. The number of aromatic nitrogens is 1. The summed E-state index contributed by atoms with van der Waals surface area (Å²) in [6, 6.07) is 7.64. The van der Waals surface area contributed by atoms with E-state index in [4.69, 9.17) is 19.9 Å². The van der Waals surface area contributed by atoms with E-state index in [1.165, 1.54) is 19.5 Å². The molecule has 2 aliphatic carbocycles. The molecule has 11 nitrogen and oxygen atoms in total. The number of hydrogen-bond acceptors (Lipinski definition) is 10. The second-order valence-corrected chi connectivity index (χ2v) is 15.9. The van der Waals surface area contributed by atoms with Crippen molar-refractivity contribution in [2.75, 3.05) is 26.4 Å². The Hall–Kier alpha value is -3.96. The van der Waals surface area contributed by atoms with E-state index >= 15 is 0 Å². The number of fused-ring (bicyclic) bond motifs is 2. The van der Waals surface area contributed by atoms with Crippen LogP contribution >= 0.6 is 0 Å². The molecule has 1 aliphatic heterocycles. The minimum absolute atomic E-state index is 0.00279. The summed E-state index contributed by atoms with van der Waals surface area (Å²) < 4.78 is 17.8. The molecule has 3 aliphatic rings. The van der Waals surface area contributed by atoms with Crippen LogP contribution in [0.3, 0.4) is 0 Å². The van der Waals surface area contributed by atoms with Crippen molar-refractivity contribution in [3.8, 4) is 11.5 Å². The average molecular weight is 736 g/mol. The zero-order chi connectivity index (χ0) is 38.1. The summed E-state index contributed by atoms with van der Waals surface area (Å²) in [5.41, 5.74) is 9.83. The Morgan fingerprint density at radius 1 is 1.02 bits per heavy atom. The second-order valence-electron chi connectivity index (χ2n) is 15.9. The van der Waals surface area contributed by atoms with Crippen LogP contribution in [-0.2, 0) is 31.9 Å². The highest BCUT2D eigenvalue weighted by molar-refractivity contribution is 5.79. The second kappa shape index (κ2) is 18.9. The van der Waals surface area contributed by atoms with Crippen molar-refractivity contribution in [1.82, 2.24) is 10.3 Å². The highest BCUT2D eigenvalue weighted by atomic mass is 16.6. The topological polar surface area (TPSA) is 176 Å². The first kappa shape index (κ1) is 40.2. The highest BCUT2D eigenvalue weighted by Gasteiger charge is 2.44. The predicted octanol–water partition coefficient (Wildman–Crippen LogP) is 5.63. The van der Waals surface area contributed by atoms with Gasteiger partial charge in [0.1, 0.15) is 18.8 Å². The number of aliphatic hydroxyl groups is 2. The molecule has 11 heteroatoms. The van der Waals surface area contributed by atoms with E-state index < -0.39 is 18.2 Å². The number of esters is 2. The summed E-state index contributed by atoms with van der Waals surface area (Å²) in [5.74, 6) is 2.55. The number of nitrogens with one attached hydrogen (secondary N) is 2. The van der Waals surface area contributed by atoms with Crippen molar-refractivity contribution in [2.24, 2.45) is 47.2 Å². The number of dihydropyridines is 1. The number of carbonyl (C=O) groups excluding carboxylic acids is 2. The third-order valence-corrected chi connectivity index (χ3v) is 11.8. The number of hydrogen-bond donors (Lipinski definition) is 6. The number of rotatable bonds is 16. The Morgan fingerprint density at radius 2 is 1.81 bits per heavy atom. The Labute approximate surface area is 314 Å². The summed E-state index contributed by atoms with van der Waals surface area (Å²) in [7, 11) is 0. The molecular weight excluding hydrogens is 674 g/mol. The summed E-state index contributed by atoms with van der Waals surface area (Å²) in [6.45, 7) is 7.90. The number of phenolic OH excluding ortho intramolecular Hbond substituents is 1. The maximum absolute atomic E-state index is 12.7. The maximum Gasteiger partial charge on any atom is 0.302 e. The Morgan fingerprint density at radius 3 is 2.47 bits per heavy atom. The smallest absolute Gasteiger partial charge is 0.302 e. The van der Waals surface area contributed by atoms with Gasteiger partial charge in [0.2, 0.25) is 0 Å². The summed E-state index contributed by atoms with van der Waals surface area (Å²) in [5, 5.41) is 33.9. The number of allylic oxidation sites excluding steroid dienone is 2. The number of ether oxygens (including phenoxy) is 3. The third-order valence-electron chi connectivity index (χ3n) is 11.8. The van der Waals surface area contributed by atoms with Crippen LogP contribution in [0.2, 0.25) is 0 Å². The van der Waals surface area contributed by atoms with Crippen LogP contribution in [0.4, 0.5) is 0 Å². The maximum atomic E-state index is 12.7. The van der Waals surface area contributed by atoms with Crippen molar-refractivity contribution >= 4 is 17.5 Å². The molecule has 5 rings (SSSR count). The van der Waals surface area contributed by atoms with Crippen LogP contribution in [0.5, 0.6) is 11.5 Å². The van der Waals surface area contributed by atoms with Crippen LogP contribution in [0.25, 0.3) is 5.57 Å². The first-order valence-electron chi connectivity index (χ1n) is 19.5. The molecule has 292 valence electrons. The molecule has 53 heavy (non-hydrogen) atoms. The third kappa shape index (κ3) is 11.0. The first-order valence-corrected chi connectivity index (χ1v) is 19.5. The summed E-state index contributed by atoms with van der Waals surface area (Å²) in [4.78, 5) is 28.6. The van der Waals surface area contributed by atoms with Gasteiger partial charge in [-0.3, -0.25) is 9.59 Å². The lowest BCUT2D eigenvalue weighted by molar-refractivity contribution is -0.157. The van der Waals surface area contributed by atoms with Gasteiger partial charge in [0.25, 0.3) is 0 Å². The number of aromatic hydroxyl groups is 1. The minimum Gasteiger partial charge on any atom is -0.504 e. The Kier molecular flexibility index (Phi) is 14.3. The van der Waals surface area contributed by atoms with Crippen LogP contribution in [0, 0.1) is 41.4 Å². The van der Waals surface area contributed by atoms with E-state index in [-0.39, 0.29) is 49.1 Å². The molecule has 2 fully saturated rings. The van der Waals surface area contributed by atoms with Gasteiger partial charge in [-0.05, 0) is 140 Å². The number of phenols is 1. The van der Waals surface area contributed by atoms with Gasteiger partial charge in [0, 0.05) is 45.3 Å². The monoisotopic (exact) mass is 735 g/mol. The van der Waals surface area contributed by atoms with Crippen molar-refractivity contribution in [3.63, 3.8) is 0 Å². The minimum atomic E-state index is -0.564. The molecule has 8 atom stereocenters. The van der Waals surface area contributed by atoms with Crippen LogP contribution in [-0.4, -0.2) is 70.8 Å². The molecule has 0 radical (unpaired) electrons. The van der Waals surface area contributed by atoms with Crippen molar-refractivity contribution < 1.29 is 39.1 Å². The Bertz CT molecular complexity index is 1570. The van der Waals surface area contributed by atoms with E-state index in [1.807, 2.05) is 18.3 Å². The van der Waals surface area contributed by atoms with Gasteiger partial charge in [-0.15, -0.1) is 0 Å². The van der Waals surface area contributed by atoms with Crippen molar-refractivity contribution in [1.29, 1.82) is 0 Å². The Balaban J connectivity index is 1.40. The molecule has 2 saturated carbocycles. The molecule has 0 saturated heterocycles. The standard InChI is InChI=1S/C42H61N3O8/c1-25(2)37-19-32(18-35-6-5-10-44-35)31-14-28(24-47)15-34(17-33(37)16-31)40(53-27(4)49)22-36(52-26(3)48)8-7-29-20-41(51-13-12-46)39(50)23-38(29)30-9-11-45-42(43)21-30/h5-6,9-10,20-21,23,25,28,31-34,36-37,40,44-47,50H,7-8,11-19,22,24,43H2,1-4H3. The first-order chi connectivity index (χ1) is 25.4. The number of benzene rings is 1. The molecule has 0 spiro atoms. The largest absolute Gasteiger partial charge is 0.504 e. The zero-order valence-electron chi connectivity index (χ0n) is 31.9. The van der Waals surface area contributed by atoms with Gasteiger partial charge in [-0.2, -0.15) is 0 Å². The predicted molar refractivity (Wildman–Crippen MR) is 203 cm³/mol. The van der Waals surface area contributed by atoms with E-state index in [1.54, 1.807) is 12.1 Å². The molecular formula is C42H61N3O8. The molecule has 1 aromatic carbocycles. The lowest BCUT2D eigenvalue weighted by Crippen LogP contribution is -2.42. The van der Waals surface area contributed by atoms with E-state index in [2.05, 4.69) is 36.3 Å². The van der Waals surface area contributed by atoms with Gasteiger partial charge >= 0.3 is 11.9 Å². The lowest BCUT2D eigenvalue weighted by atomic mass is 9.58. The van der Waals surface area contributed by atoms with Gasteiger partial charge in [0.15, 0.2) is 11.5 Å². The van der Waals surface area contributed by atoms with Gasteiger partial charge < -0.3 is 45.6 Å². The highest BCUT2D eigenvalue weighted by Crippen LogP contribution is 2.50. The molecule has 2 heterocycles. The van der Waals surface area contributed by atoms with E-state index in [9.17, 15) is 24.9 Å². The van der Waals surface area contributed by atoms with E-state index in [0.717, 1.165) is 55.2 Å². The quantitative estimate of drug-likeness (QED) is 0.119. The lowest BCUT2D eigenvalue weighted by Gasteiger charge is -2.48. The molecule has 1 aromatic heterocycles. The molecule has 7 N–H and O–H groups in total. The fraction of sp³-hybridized carbons (Fsp3) is 0.619. The van der Waals surface area contributed by atoms with Crippen LogP contribution in [0.1, 0.15) is 89.5 Å². The van der Waals surface area contributed by atoms with Gasteiger partial charge in [-0.1, -0.05) is 19.9 Å². The normalized spacial score (nSPS) is 25.6. The molecule has 2 bridgehead atoms. The number of H-pyrrole nitrogens is 1. The fourth-order valence-electron chi connectivity index (χ4n) is 9.47. The van der Waals surface area contributed by atoms with Crippen LogP contribution in [0.15, 0.2) is 48.4 Å². The number of aromatic amines is 1. The number of carbonyl (C=O) groups is 2. The molecule has 0 amide bonds. The number of aliphatic hydroxyl groups excluding tert-OH is 2. The number of aryl methyl sites for hydroxylation is 1. The van der Waals surface area contributed by atoms with E-state index in [0.29, 0.717) is 61.2 Å². The van der Waals surface area contributed by atoms with Gasteiger partial charge in [-0.25, -0.2) is 0 Å². The van der Waals surface area contributed by atoms with Crippen molar-refractivity contribution in [3.05, 3.63) is 65.3 Å².